The third-order valence-electron chi connectivity index (χ3n) is 4.38. The molecular formula is C12H18N2O2. The van der Waals surface area contributed by atoms with Gasteiger partial charge in [-0.1, -0.05) is 13.8 Å². The van der Waals surface area contributed by atoms with Gasteiger partial charge in [-0.15, -0.1) is 0 Å². The molecule has 1 amide bonds. The first kappa shape index (κ1) is 11.4. The molecule has 16 heavy (non-hydrogen) atoms. The van der Waals surface area contributed by atoms with Gasteiger partial charge in [0.25, 0.3) is 0 Å². The molecule has 2 fully saturated rings. The molecule has 0 radical (unpaired) electrons. The lowest BCUT2D eigenvalue weighted by Crippen LogP contribution is -2.63. The molecule has 2 unspecified atom stereocenters. The van der Waals surface area contributed by atoms with Crippen LogP contribution in [-0.2, 0) is 4.79 Å². The number of nitrogens with zero attached hydrogens (tertiary/aromatic N) is 1. The SMILES string of the molecule is CC1(C)C(O)CC1NC(=O)C1(C#N)CCC1. The molecule has 0 saturated heterocycles. The standard InChI is InChI=1S/C12H18N2O2/c1-11(2)8(6-9(11)15)14-10(16)12(7-13)4-3-5-12/h8-9,15H,3-6H2,1-2H3,(H,14,16). The predicted molar refractivity (Wildman–Crippen MR) is 58.2 cm³/mol. The maximum atomic E-state index is 12.0. The van der Waals surface area contributed by atoms with Crippen molar-refractivity contribution in [2.75, 3.05) is 0 Å². The first-order valence-corrected chi connectivity index (χ1v) is 5.83. The zero-order valence-corrected chi connectivity index (χ0v) is 9.79. The quantitative estimate of drug-likeness (QED) is 0.730. The molecule has 0 aromatic heterocycles. The minimum absolute atomic E-state index is 0.000764. The average Bonchev–Trinajstić information content (AvgIpc) is 2.16. The number of nitrogens with one attached hydrogen (secondary N) is 1. The van der Waals surface area contributed by atoms with Crippen LogP contribution in [0.5, 0.6) is 0 Å². The third kappa shape index (κ3) is 1.42. The van der Waals surface area contributed by atoms with E-state index in [-0.39, 0.29) is 23.5 Å². The van der Waals surface area contributed by atoms with Crippen LogP contribution in [0.1, 0.15) is 39.5 Å². The Morgan fingerprint density at radius 2 is 2.12 bits per heavy atom. The summed E-state index contributed by atoms with van der Waals surface area (Å²) in [5.74, 6) is -0.147. The van der Waals surface area contributed by atoms with Crippen molar-refractivity contribution in [2.24, 2.45) is 10.8 Å². The summed E-state index contributed by atoms with van der Waals surface area (Å²) in [6.45, 7) is 3.87. The highest BCUT2D eigenvalue weighted by Gasteiger charge is 2.51. The number of rotatable bonds is 2. The molecule has 0 aliphatic heterocycles. The van der Waals surface area contributed by atoms with E-state index < -0.39 is 5.41 Å². The zero-order valence-electron chi connectivity index (χ0n) is 9.79. The van der Waals surface area contributed by atoms with Crippen molar-refractivity contribution in [3.8, 4) is 6.07 Å². The normalized spacial score (nSPS) is 34.1. The van der Waals surface area contributed by atoms with Gasteiger partial charge >= 0.3 is 0 Å². The number of aliphatic hydroxyl groups is 1. The molecule has 2 saturated carbocycles. The lowest BCUT2D eigenvalue weighted by Gasteiger charge is -2.50. The molecule has 0 spiro atoms. The maximum absolute atomic E-state index is 12.0. The summed E-state index contributed by atoms with van der Waals surface area (Å²) in [6, 6.07) is 2.13. The third-order valence-corrected chi connectivity index (χ3v) is 4.38. The van der Waals surface area contributed by atoms with E-state index in [1.54, 1.807) is 0 Å². The van der Waals surface area contributed by atoms with Crippen molar-refractivity contribution >= 4 is 5.91 Å². The monoisotopic (exact) mass is 222 g/mol. The van der Waals surface area contributed by atoms with E-state index in [1.165, 1.54) is 0 Å². The minimum Gasteiger partial charge on any atom is -0.392 e. The number of amides is 1. The predicted octanol–water partition coefficient (Wildman–Crippen LogP) is 0.956. The fourth-order valence-electron chi connectivity index (χ4n) is 2.36. The van der Waals surface area contributed by atoms with Crippen LogP contribution in [-0.4, -0.2) is 23.2 Å². The van der Waals surface area contributed by atoms with Gasteiger partial charge in [0, 0.05) is 11.5 Å². The van der Waals surface area contributed by atoms with Crippen LogP contribution >= 0.6 is 0 Å². The van der Waals surface area contributed by atoms with Crippen LogP contribution in [0.2, 0.25) is 0 Å². The summed E-state index contributed by atoms with van der Waals surface area (Å²) in [5.41, 5.74) is -1.05. The van der Waals surface area contributed by atoms with Crippen LogP contribution in [0.15, 0.2) is 0 Å². The average molecular weight is 222 g/mol. The lowest BCUT2D eigenvalue weighted by atomic mass is 9.63. The number of carbonyl (C=O) groups excluding carboxylic acids is 1. The topological polar surface area (TPSA) is 73.1 Å². The van der Waals surface area contributed by atoms with E-state index in [0.717, 1.165) is 6.42 Å². The summed E-state index contributed by atoms with van der Waals surface area (Å²) in [4.78, 5) is 12.0. The Kier molecular flexibility index (Phi) is 2.47. The van der Waals surface area contributed by atoms with Crippen LogP contribution in [0.25, 0.3) is 0 Å². The molecular weight excluding hydrogens is 204 g/mol. The number of hydrogen-bond acceptors (Lipinski definition) is 3. The van der Waals surface area contributed by atoms with Gasteiger partial charge in [-0.25, -0.2) is 0 Å². The molecule has 2 aliphatic carbocycles. The van der Waals surface area contributed by atoms with Crippen molar-refractivity contribution < 1.29 is 9.90 Å². The number of nitriles is 1. The first-order valence-electron chi connectivity index (χ1n) is 5.83. The van der Waals surface area contributed by atoms with Crippen LogP contribution < -0.4 is 5.32 Å². The molecule has 2 rings (SSSR count). The molecule has 4 heteroatoms. The van der Waals surface area contributed by atoms with E-state index in [2.05, 4.69) is 11.4 Å². The molecule has 88 valence electrons. The van der Waals surface area contributed by atoms with Crippen LogP contribution in [0.4, 0.5) is 0 Å². The second kappa shape index (κ2) is 3.46. The van der Waals surface area contributed by atoms with Crippen LogP contribution in [0.3, 0.4) is 0 Å². The zero-order chi connectivity index (χ0) is 12.0. The van der Waals surface area contributed by atoms with Gasteiger partial charge in [0.15, 0.2) is 0 Å². The highest BCUT2D eigenvalue weighted by Crippen LogP contribution is 2.44. The molecule has 2 aliphatic rings. The molecule has 0 heterocycles. The molecule has 2 N–H and O–H groups in total. The van der Waals surface area contributed by atoms with Gasteiger partial charge < -0.3 is 10.4 Å². The van der Waals surface area contributed by atoms with Crippen molar-refractivity contribution in [3.05, 3.63) is 0 Å². The van der Waals surface area contributed by atoms with E-state index in [1.807, 2.05) is 13.8 Å². The summed E-state index contributed by atoms with van der Waals surface area (Å²) in [7, 11) is 0. The first-order chi connectivity index (χ1) is 7.42. The molecule has 0 aromatic rings. The number of carbonyl (C=O) groups is 1. The highest BCUT2D eigenvalue weighted by molar-refractivity contribution is 5.86. The summed E-state index contributed by atoms with van der Waals surface area (Å²) >= 11 is 0. The van der Waals surface area contributed by atoms with Gasteiger partial charge in [0.05, 0.1) is 12.2 Å². The van der Waals surface area contributed by atoms with E-state index in [4.69, 9.17) is 5.26 Å². The van der Waals surface area contributed by atoms with Gasteiger partial charge in [-0.05, 0) is 25.7 Å². The Morgan fingerprint density at radius 3 is 2.44 bits per heavy atom. The van der Waals surface area contributed by atoms with Crippen molar-refractivity contribution in [3.63, 3.8) is 0 Å². The van der Waals surface area contributed by atoms with Crippen molar-refractivity contribution in [1.82, 2.24) is 5.32 Å². The Balaban J connectivity index is 1.97. The Bertz CT molecular complexity index is 353. The number of hydrogen-bond donors (Lipinski definition) is 2. The second-order valence-electron chi connectivity index (χ2n) is 5.65. The molecule has 4 nitrogen and oxygen atoms in total. The Labute approximate surface area is 95.6 Å². The van der Waals surface area contributed by atoms with Crippen molar-refractivity contribution in [2.45, 2.75) is 51.7 Å². The fraction of sp³-hybridized carbons (Fsp3) is 0.833. The Hall–Kier alpha value is -1.08. The fourth-order valence-corrected chi connectivity index (χ4v) is 2.36. The largest absolute Gasteiger partial charge is 0.392 e. The smallest absolute Gasteiger partial charge is 0.240 e. The summed E-state index contributed by atoms with van der Waals surface area (Å²) < 4.78 is 0. The lowest BCUT2D eigenvalue weighted by molar-refractivity contribution is -0.139. The minimum atomic E-state index is -0.781. The maximum Gasteiger partial charge on any atom is 0.240 e. The Morgan fingerprint density at radius 1 is 1.50 bits per heavy atom. The highest BCUT2D eigenvalue weighted by atomic mass is 16.3. The molecule has 0 aromatic carbocycles. The number of aliphatic hydroxyl groups excluding tert-OH is 1. The van der Waals surface area contributed by atoms with Gasteiger partial charge in [-0.3, -0.25) is 4.79 Å². The van der Waals surface area contributed by atoms with Crippen LogP contribution in [0, 0.1) is 22.2 Å². The van der Waals surface area contributed by atoms with Gasteiger partial charge in [0.2, 0.25) is 5.91 Å². The summed E-state index contributed by atoms with van der Waals surface area (Å²) in [6.07, 6.45) is 2.55. The second-order valence-corrected chi connectivity index (χ2v) is 5.65. The molecule has 0 bridgehead atoms. The van der Waals surface area contributed by atoms with Gasteiger partial charge in [0.1, 0.15) is 5.41 Å². The van der Waals surface area contributed by atoms with Gasteiger partial charge in [-0.2, -0.15) is 5.26 Å². The van der Waals surface area contributed by atoms with E-state index in [9.17, 15) is 9.90 Å². The molecule has 2 atom stereocenters. The van der Waals surface area contributed by atoms with E-state index in [0.29, 0.717) is 19.3 Å². The van der Waals surface area contributed by atoms with E-state index >= 15 is 0 Å². The van der Waals surface area contributed by atoms with Crippen molar-refractivity contribution in [1.29, 1.82) is 5.26 Å². The summed E-state index contributed by atoms with van der Waals surface area (Å²) in [5, 5.41) is 21.5.